The third-order valence-corrected chi connectivity index (χ3v) is 4.28. The number of fused-ring (bicyclic) bond motifs is 1. The summed E-state index contributed by atoms with van der Waals surface area (Å²) in [7, 11) is 0. The number of carbonyl (C=O) groups excluding carboxylic acids is 2. The van der Waals surface area contributed by atoms with Gasteiger partial charge in [-0.25, -0.2) is 4.79 Å². The number of carbonyl (C=O) groups is 2. The molecule has 2 N–H and O–H groups in total. The van der Waals surface area contributed by atoms with Gasteiger partial charge in [0, 0.05) is 6.20 Å². The van der Waals surface area contributed by atoms with E-state index in [0.29, 0.717) is 24.7 Å². The highest BCUT2D eigenvalue weighted by Gasteiger charge is 2.22. The van der Waals surface area contributed by atoms with Crippen LogP contribution in [0, 0.1) is 5.92 Å². The Labute approximate surface area is 161 Å². The third-order valence-electron chi connectivity index (χ3n) is 4.28. The maximum atomic E-state index is 12.3. The first-order valence-electron chi connectivity index (χ1n) is 8.99. The number of pyridine rings is 1. The van der Waals surface area contributed by atoms with Crippen molar-refractivity contribution in [3.05, 3.63) is 58.0 Å². The molecule has 2 heterocycles. The molecule has 8 heteroatoms. The minimum Gasteiger partial charge on any atom is -0.486 e. The van der Waals surface area contributed by atoms with Crippen molar-refractivity contribution >= 4 is 11.9 Å². The molecule has 0 bridgehead atoms. The Morgan fingerprint density at radius 1 is 1.18 bits per heavy atom. The largest absolute Gasteiger partial charge is 0.486 e. The Morgan fingerprint density at radius 3 is 2.64 bits per heavy atom. The van der Waals surface area contributed by atoms with Gasteiger partial charge < -0.3 is 24.5 Å². The second-order valence-corrected chi connectivity index (χ2v) is 6.68. The van der Waals surface area contributed by atoms with Crippen molar-refractivity contribution < 1.29 is 23.8 Å². The SMILES string of the molecule is CC(C)[C@@H](NC(=O)COC(=O)c1ccc[nH]c1=O)c1ccc2c(c1)OCCO2. The van der Waals surface area contributed by atoms with Gasteiger partial charge in [-0.15, -0.1) is 0 Å². The summed E-state index contributed by atoms with van der Waals surface area (Å²) in [6, 6.07) is 8.07. The van der Waals surface area contributed by atoms with Crippen LogP contribution in [-0.4, -0.2) is 36.7 Å². The summed E-state index contributed by atoms with van der Waals surface area (Å²) in [6.45, 7) is 4.44. The van der Waals surface area contributed by atoms with Crippen LogP contribution in [0.4, 0.5) is 0 Å². The predicted octanol–water partition coefficient (Wildman–Crippen LogP) is 1.82. The highest BCUT2D eigenvalue weighted by Crippen LogP contribution is 2.34. The van der Waals surface area contributed by atoms with Gasteiger partial charge >= 0.3 is 5.97 Å². The molecule has 8 nitrogen and oxygen atoms in total. The molecular weight excluding hydrogens is 364 g/mol. The number of H-pyrrole nitrogens is 1. The lowest BCUT2D eigenvalue weighted by Gasteiger charge is -2.25. The molecule has 1 amide bonds. The van der Waals surface area contributed by atoms with Crippen LogP contribution in [0.2, 0.25) is 0 Å². The van der Waals surface area contributed by atoms with E-state index in [9.17, 15) is 14.4 Å². The Bertz CT molecular complexity index is 921. The summed E-state index contributed by atoms with van der Waals surface area (Å²) in [5.74, 6) is 0.0788. The Kier molecular flexibility index (Phi) is 5.98. The molecule has 1 atom stereocenters. The number of hydrogen-bond donors (Lipinski definition) is 2. The van der Waals surface area contributed by atoms with Gasteiger partial charge in [-0.3, -0.25) is 9.59 Å². The number of rotatable bonds is 6. The van der Waals surface area contributed by atoms with Crippen LogP contribution >= 0.6 is 0 Å². The Balaban J connectivity index is 1.64. The number of benzene rings is 1. The van der Waals surface area contributed by atoms with E-state index in [-0.39, 0.29) is 17.5 Å². The van der Waals surface area contributed by atoms with E-state index >= 15 is 0 Å². The number of aromatic amines is 1. The zero-order valence-electron chi connectivity index (χ0n) is 15.7. The molecule has 1 aromatic carbocycles. The third kappa shape index (κ3) is 4.51. The summed E-state index contributed by atoms with van der Waals surface area (Å²) < 4.78 is 16.1. The zero-order valence-corrected chi connectivity index (χ0v) is 15.7. The lowest BCUT2D eigenvalue weighted by molar-refractivity contribution is -0.125. The molecule has 0 saturated heterocycles. The smallest absolute Gasteiger partial charge is 0.344 e. The zero-order chi connectivity index (χ0) is 20.1. The van der Waals surface area contributed by atoms with E-state index in [1.54, 1.807) is 0 Å². The standard InChI is InChI=1S/C20H22N2O6/c1-12(2)18(13-5-6-15-16(10-13)27-9-8-26-15)22-17(23)11-28-20(25)14-4-3-7-21-19(14)24/h3-7,10,12,18H,8-9,11H2,1-2H3,(H,21,24)(H,22,23)/t18-/m1/s1. The van der Waals surface area contributed by atoms with Gasteiger partial charge in [0.25, 0.3) is 11.5 Å². The molecule has 0 radical (unpaired) electrons. The Morgan fingerprint density at radius 2 is 1.93 bits per heavy atom. The van der Waals surface area contributed by atoms with E-state index in [1.807, 2.05) is 32.0 Å². The van der Waals surface area contributed by atoms with Crippen molar-refractivity contribution in [1.29, 1.82) is 0 Å². The van der Waals surface area contributed by atoms with Crippen molar-refractivity contribution in [3.63, 3.8) is 0 Å². The van der Waals surface area contributed by atoms with Crippen LogP contribution in [0.5, 0.6) is 11.5 Å². The van der Waals surface area contributed by atoms with Crippen molar-refractivity contribution in [1.82, 2.24) is 10.3 Å². The molecule has 28 heavy (non-hydrogen) atoms. The summed E-state index contributed by atoms with van der Waals surface area (Å²) in [4.78, 5) is 38.3. The van der Waals surface area contributed by atoms with Gasteiger partial charge in [0.2, 0.25) is 0 Å². The minimum atomic E-state index is -0.850. The maximum Gasteiger partial charge on any atom is 0.344 e. The van der Waals surface area contributed by atoms with Crippen molar-refractivity contribution in [2.75, 3.05) is 19.8 Å². The quantitative estimate of drug-likeness (QED) is 0.734. The molecule has 0 fully saturated rings. The molecule has 0 spiro atoms. The summed E-state index contributed by atoms with van der Waals surface area (Å²) in [6.07, 6.45) is 1.41. The average molecular weight is 386 g/mol. The van der Waals surface area contributed by atoms with Gasteiger partial charge in [0.15, 0.2) is 18.1 Å². The van der Waals surface area contributed by atoms with E-state index in [1.165, 1.54) is 18.3 Å². The van der Waals surface area contributed by atoms with Gasteiger partial charge in [-0.1, -0.05) is 19.9 Å². The van der Waals surface area contributed by atoms with E-state index in [2.05, 4.69) is 10.3 Å². The number of aromatic nitrogens is 1. The lowest BCUT2D eigenvalue weighted by atomic mass is 9.95. The monoisotopic (exact) mass is 386 g/mol. The maximum absolute atomic E-state index is 12.3. The number of ether oxygens (including phenoxy) is 3. The van der Waals surface area contributed by atoms with Gasteiger partial charge in [-0.2, -0.15) is 0 Å². The van der Waals surface area contributed by atoms with Crippen molar-refractivity contribution in [2.45, 2.75) is 19.9 Å². The second kappa shape index (κ2) is 8.60. The molecule has 3 rings (SSSR count). The summed E-state index contributed by atoms with van der Waals surface area (Å²) in [5, 5.41) is 2.86. The molecule has 2 aromatic rings. The average Bonchev–Trinajstić information content (AvgIpc) is 2.70. The van der Waals surface area contributed by atoms with Crippen molar-refractivity contribution in [2.24, 2.45) is 5.92 Å². The molecule has 1 aliphatic heterocycles. The van der Waals surface area contributed by atoms with Crippen LogP contribution < -0.4 is 20.3 Å². The fourth-order valence-electron chi connectivity index (χ4n) is 2.89. The van der Waals surface area contributed by atoms with Gasteiger partial charge in [0.1, 0.15) is 18.8 Å². The fourth-order valence-corrected chi connectivity index (χ4v) is 2.89. The molecule has 148 valence electrons. The molecular formula is C20H22N2O6. The second-order valence-electron chi connectivity index (χ2n) is 6.68. The van der Waals surface area contributed by atoms with E-state index < -0.39 is 24.0 Å². The minimum absolute atomic E-state index is 0.0826. The summed E-state index contributed by atoms with van der Waals surface area (Å²) in [5.41, 5.74) is 0.144. The van der Waals surface area contributed by atoms with Crippen molar-refractivity contribution in [3.8, 4) is 11.5 Å². The highest BCUT2D eigenvalue weighted by atomic mass is 16.6. The van der Waals surface area contributed by atoms with Crippen LogP contribution in [0.15, 0.2) is 41.3 Å². The molecule has 1 aromatic heterocycles. The van der Waals surface area contributed by atoms with Crippen LogP contribution in [0.1, 0.15) is 35.8 Å². The molecule has 0 saturated carbocycles. The first-order chi connectivity index (χ1) is 13.5. The van der Waals surface area contributed by atoms with Crippen LogP contribution in [0.25, 0.3) is 0 Å². The number of nitrogens with one attached hydrogen (secondary N) is 2. The number of esters is 1. The molecule has 0 unspecified atom stereocenters. The lowest BCUT2D eigenvalue weighted by Crippen LogP contribution is -2.35. The highest BCUT2D eigenvalue weighted by molar-refractivity contribution is 5.90. The first-order valence-corrected chi connectivity index (χ1v) is 8.99. The Hall–Kier alpha value is -3.29. The topological polar surface area (TPSA) is 107 Å². The number of hydrogen-bond acceptors (Lipinski definition) is 6. The van der Waals surface area contributed by atoms with Crippen LogP contribution in [0.3, 0.4) is 0 Å². The van der Waals surface area contributed by atoms with Gasteiger partial charge in [0.05, 0.1) is 6.04 Å². The first kappa shape index (κ1) is 19.5. The van der Waals surface area contributed by atoms with Crippen LogP contribution in [-0.2, 0) is 9.53 Å². The fraction of sp³-hybridized carbons (Fsp3) is 0.350. The normalized spacial score (nSPS) is 13.7. The predicted molar refractivity (Wildman–Crippen MR) is 100 cm³/mol. The molecule has 0 aliphatic carbocycles. The van der Waals surface area contributed by atoms with Gasteiger partial charge in [-0.05, 0) is 35.7 Å². The van der Waals surface area contributed by atoms with E-state index in [0.717, 1.165) is 5.56 Å². The summed E-state index contributed by atoms with van der Waals surface area (Å²) >= 11 is 0. The van der Waals surface area contributed by atoms with E-state index in [4.69, 9.17) is 14.2 Å². The molecule has 1 aliphatic rings. The number of amides is 1.